The SMILES string of the molecule is CC(C)C[C@@H](C)COc1ccc(-c2ccnc3cc(F)ccc23)nc1C(F)F. The molecule has 2 aromatic heterocycles. The molecule has 3 rings (SSSR count). The predicted octanol–water partition coefficient (Wildman–Crippen LogP) is 6.43. The van der Waals surface area contributed by atoms with Crippen LogP contribution in [-0.2, 0) is 0 Å². The minimum absolute atomic E-state index is 0.0961. The van der Waals surface area contributed by atoms with Gasteiger partial charge in [-0.25, -0.2) is 18.2 Å². The molecule has 0 amide bonds. The number of hydrogen-bond donors (Lipinski definition) is 0. The fourth-order valence-corrected chi connectivity index (χ4v) is 3.34. The zero-order valence-electron chi connectivity index (χ0n) is 16.1. The number of fused-ring (bicyclic) bond motifs is 1. The summed E-state index contributed by atoms with van der Waals surface area (Å²) in [5.41, 5.74) is 1.05. The van der Waals surface area contributed by atoms with Crippen LogP contribution in [0.5, 0.6) is 5.75 Å². The number of rotatable bonds is 7. The molecule has 0 saturated heterocycles. The Kier molecular flexibility index (Phi) is 6.17. The van der Waals surface area contributed by atoms with Crippen LogP contribution in [0.15, 0.2) is 42.6 Å². The third-order valence-corrected chi connectivity index (χ3v) is 4.47. The average Bonchev–Trinajstić information content (AvgIpc) is 2.65. The van der Waals surface area contributed by atoms with Gasteiger partial charge in [0.15, 0.2) is 0 Å². The number of alkyl halides is 2. The second-order valence-corrected chi connectivity index (χ2v) is 7.45. The molecular weight excluding hydrogens is 365 g/mol. The molecule has 148 valence electrons. The minimum Gasteiger partial charge on any atom is -0.491 e. The summed E-state index contributed by atoms with van der Waals surface area (Å²) in [6, 6.07) is 9.06. The molecule has 0 spiro atoms. The van der Waals surface area contributed by atoms with Crippen molar-refractivity contribution in [3.05, 3.63) is 54.1 Å². The molecule has 6 heteroatoms. The highest BCUT2D eigenvalue weighted by Crippen LogP contribution is 2.33. The maximum absolute atomic E-state index is 13.6. The van der Waals surface area contributed by atoms with E-state index in [1.165, 1.54) is 24.4 Å². The first-order chi connectivity index (χ1) is 13.3. The van der Waals surface area contributed by atoms with Crippen LogP contribution >= 0.6 is 0 Å². The second-order valence-electron chi connectivity index (χ2n) is 7.45. The molecule has 0 radical (unpaired) electrons. The van der Waals surface area contributed by atoms with E-state index in [9.17, 15) is 13.2 Å². The van der Waals surface area contributed by atoms with Crippen LogP contribution in [-0.4, -0.2) is 16.6 Å². The highest BCUT2D eigenvalue weighted by molar-refractivity contribution is 5.93. The van der Waals surface area contributed by atoms with Crippen LogP contribution in [0.25, 0.3) is 22.2 Å². The van der Waals surface area contributed by atoms with Crippen molar-refractivity contribution in [1.29, 1.82) is 0 Å². The maximum atomic E-state index is 13.6. The van der Waals surface area contributed by atoms with Crippen LogP contribution in [0.2, 0.25) is 0 Å². The molecule has 0 unspecified atom stereocenters. The number of hydrogen-bond acceptors (Lipinski definition) is 3. The van der Waals surface area contributed by atoms with E-state index in [0.717, 1.165) is 6.42 Å². The zero-order chi connectivity index (χ0) is 20.3. The van der Waals surface area contributed by atoms with E-state index in [4.69, 9.17) is 4.74 Å². The van der Waals surface area contributed by atoms with E-state index < -0.39 is 12.2 Å². The Hall–Kier alpha value is -2.63. The van der Waals surface area contributed by atoms with Crippen LogP contribution in [0.1, 0.15) is 39.3 Å². The first kappa shape index (κ1) is 20.1. The van der Waals surface area contributed by atoms with Crippen molar-refractivity contribution in [2.45, 2.75) is 33.6 Å². The molecular formula is C22H23F3N2O. The van der Waals surface area contributed by atoms with E-state index >= 15 is 0 Å². The van der Waals surface area contributed by atoms with Crippen LogP contribution in [0.3, 0.4) is 0 Å². The molecule has 1 atom stereocenters. The Bertz CT molecular complexity index is 960. The number of ether oxygens (including phenoxy) is 1. The second kappa shape index (κ2) is 8.59. The highest BCUT2D eigenvalue weighted by atomic mass is 19.3. The summed E-state index contributed by atoms with van der Waals surface area (Å²) in [7, 11) is 0. The molecule has 1 aromatic carbocycles. The number of aromatic nitrogens is 2. The Labute approximate surface area is 162 Å². The number of halogens is 3. The Morgan fingerprint density at radius 1 is 1.04 bits per heavy atom. The summed E-state index contributed by atoms with van der Waals surface area (Å²) in [6.07, 6.45) is -0.297. The molecule has 0 aliphatic carbocycles. The highest BCUT2D eigenvalue weighted by Gasteiger charge is 2.19. The number of benzene rings is 1. The van der Waals surface area contributed by atoms with E-state index in [1.807, 2.05) is 6.92 Å². The monoisotopic (exact) mass is 388 g/mol. The quantitative estimate of drug-likeness (QED) is 0.467. The fraction of sp³-hybridized carbons (Fsp3) is 0.364. The average molecular weight is 388 g/mol. The Morgan fingerprint density at radius 3 is 2.54 bits per heavy atom. The van der Waals surface area contributed by atoms with Crippen molar-refractivity contribution in [2.24, 2.45) is 11.8 Å². The summed E-state index contributed by atoms with van der Waals surface area (Å²) in [6.45, 7) is 6.62. The van der Waals surface area contributed by atoms with Gasteiger partial charge in [0.25, 0.3) is 6.43 Å². The predicted molar refractivity (Wildman–Crippen MR) is 104 cm³/mol. The van der Waals surface area contributed by atoms with Gasteiger partial charge in [-0.15, -0.1) is 0 Å². The first-order valence-electron chi connectivity index (χ1n) is 9.31. The van der Waals surface area contributed by atoms with Crippen molar-refractivity contribution in [3.8, 4) is 17.0 Å². The van der Waals surface area contributed by atoms with E-state index in [0.29, 0.717) is 34.7 Å². The van der Waals surface area contributed by atoms with Gasteiger partial charge in [-0.1, -0.05) is 20.8 Å². The largest absolute Gasteiger partial charge is 0.491 e. The Morgan fingerprint density at radius 2 is 1.82 bits per heavy atom. The van der Waals surface area contributed by atoms with E-state index in [1.54, 1.807) is 18.2 Å². The Balaban J connectivity index is 1.93. The van der Waals surface area contributed by atoms with Gasteiger partial charge in [-0.2, -0.15) is 0 Å². The zero-order valence-corrected chi connectivity index (χ0v) is 16.1. The van der Waals surface area contributed by atoms with Gasteiger partial charge in [0.1, 0.15) is 17.3 Å². The molecule has 2 heterocycles. The normalized spacial score (nSPS) is 12.7. The summed E-state index contributed by atoms with van der Waals surface area (Å²) in [4.78, 5) is 8.29. The van der Waals surface area contributed by atoms with Gasteiger partial charge in [0, 0.05) is 23.2 Å². The number of pyridine rings is 2. The van der Waals surface area contributed by atoms with E-state index in [2.05, 4.69) is 23.8 Å². The van der Waals surface area contributed by atoms with E-state index in [-0.39, 0.29) is 17.4 Å². The lowest BCUT2D eigenvalue weighted by molar-refractivity contribution is 0.137. The van der Waals surface area contributed by atoms with Crippen LogP contribution in [0.4, 0.5) is 13.2 Å². The molecule has 3 nitrogen and oxygen atoms in total. The maximum Gasteiger partial charge on any atom is 0.284 e. The molecule has 3 aromatic rings. The van der Waals surface area contributed by atoms with Gasteiger partial charge < -0.3 is 4.74 Å². The van der Waals surface area contributed by atoms with Gasteiger partial charge in [0.05, 0.1) is 17.8 Å². The fourth-order valence-electron chi connectivity index (χ4n) is 3.34. The van der Waals surface area contributed by atoms with Gasteiger partial charge in [-0.05, 0) is 48.6 Å². The number of nitrogens with zero attached hydrogens (tertiary/aromatic N) is 2. The van der Waals surface area contributed by atoms with Crippen molar-refractivity contribution >= 4 is 10.9 Å². The van der Waals surface area contributed by atoms with Gasteiger partial charge in [-0.3, -0.25) is 4.98 Å². The summed E-state index contributed by atoms with van der Waals surface area (Å²) in [5, 5.41) is 0.649. The first-order valence-corrected chi connectivity index (χ1v) is 9.31. The van der Waals surface area contributed by atoms with Crippen molar-refractivity contribution < 1.29 is 17.9 Å². The van der Waals surface area contributed by atoms with Gasteiger partial charge >= 0.3 is 0 Å². The van der Waals surface area contributed by atoms with Crippen molar-refractivity contribution in [1.82, 2.24) is 9.97 Å². The topological polar surface area (TPSA) is 35.0 Å². The molecule has 0 aliphatic rings. The lowest BCUT2D eigenvalue weighted by Crippen LogP contribution is -2.12. The smallest absolute Gasteiger partial charge is 0.284 e. The summed E-state index contributed by atoms with van der Waals surface area (Å²) in [5.74, 6) is 0.458. The molecule has 0 N–H and O–H groups in total. The molecule has 0 bridgehead atoms. The van der Waals surface area contributed by atoms with Crippen molar-refractivity contribution in [2.75, 3.05) is 6.61 Å². The minimum atomic E-state index is -2.76. The standard InChI is InChI=1S/C22H23F3N2O/c1-13(2)10-14(3)12-28-20-7-6-18(27-21(20)22(24)25)17-8-9-26-19-11-15(23)4-5-16(17)19/h4-9,11,13-14,22H,10,12H2,1-3H3/t14-/m1/s1. The third kappa shape index (κ3) is 4.61. The molecule has 0 fully saturated rings. The molecule has 0 aliphatic heterocycles. The summed E-state index contributed by atoms with van der Waals surface area (Å²) < 4.78 is 46.3. The summed E-state index contributed by atoms with van der Waals surface area (Å²) >= 11 is 0. The lowest BCUT2D eigenvalue weighted by Gasteiger charge is -2.17. The van der Waals surface area contributed by atoms with Crippen LogP contribution in [0, 0.1) is 17.7 Å². The molecule has 0 saturated carbocycles. The molecule has 28 heavy (non-hydrogen) atoms. The van der Waals surface area contributed by atoms with Crippen molar-refractivity contribution in [3.63, 3.8) is 0 Å². The third-order valence-electron chi connectivity index (χ3n) is 4.47. The lowest BCUT2D eigenvalue weighted by atomic mass is 10.00. The van der Waals surface area contributed by atoms with Crippen LogP contribution < -0.4 is 4.74 Å². The van der Waals surface area contributed by atoms with Gasteiger partial charge in [0.2, 0.25) is 0 Å².